The first-order chi connectivity index (χ1) is 10.3. The Bertz CT molecular complexity index is 368. The van der Waals surface area contributed by atoms with Gasteiger partial charge in [0.15, 0.2) is 12.6 Å². The molecule has 10 atom stereocenters. The standard InChI is InChI=1S/C12H22O10/c1-3-5(14)7(16)8(17)12(20-3)22-10-6(15)4(2-13)21-11(19)9(10)18/h3-19H,2H2,1H3/t3-,4+,5+,6-,7+,8-,9+,10-,11?,12-/m0/s1. The third-order valence-electron chi connectivity index (χ3n) is 3.94. The maximum absolute atomic E-state index is 9.99. The van der Waals surface area contributed by atoms with Crippen LogP contribution in [0.15, 0.2) is 0 Å². The zero-order chi connectivity index (χ0) is 16.6. The van der Waals surface area contributed by atoms with Crippen molar-refractivity contribution in [3.8, 4) is 0 Å². The lowest BCUT2D eigenvalue weighted by atomic mass is 9.97. The molecule has 0 radical (unpaired) electrons. The Morgan fingerprint density at radius 3 is 2.05 bits per heavy atom. The first kappa shape index (κ1) is 17.9. The van der Waals surface area contributed by atoms with Crippen LogP contribution in [-0.4, -0.2) is 104 Å². The molecule has 22 heavy (non-hydrogen) atoms. The van der Waals surface area contributed by atoms with Gasteiger partial charge in [-0.3, -0.25) is 0 Å². The summed E-state index contributed by atoms with van der Waals surface area (Å²) in [6.07, 6.45) is -14.3. The van der Waals surface area contributed by atoms with Crippen LogP contribution in [0, 0.1) is 0 Å². The van der Waals surface area contributed by atoms with Crippen LogP contribution >= 0.6 is 0 Å². The summed E-state index contributed by atoms with van der Waals surface area (Å²) in [6, 6.07) is 0. The smallest absolute Gasteiger partial charge is 0.187 e. The molecular formula is C12H22O10. The second kappa shape index (κ2) is 7.01. The lowest BCUT2D eigenvalue weighted by Crippen LogP contribution is -2.63. The Kier molecular flexibility index (Phi) is 5.72. The molecule has 2 saturated heterocycles. The Morgan fingerprint density at radius 2 is 1.45 bits per heavy atom. The van der Waals surface area contributed by atoms with Crippen LogP contribution in [0.5, 0.6) is 0 Å². The predicted molar refractivity (Wildman–Crippen MR) is 67.2 cm³/mol. The van der Waals surface area contributed by atoms with Crippen LogP contribution in [0.3, 0.4) is 0 Å². The van der Waals surface area contributed by atoms with E-state index in [1.807, 2.05) is 0 Å². The van der Waals surface area contributed by atoms with Crippen molar-refractivity contribution < 1.29 is 50.0 Å². The monoisotopic (exact) mass is 326 g/mol. The molecule has 2 fully saturated rings. The maximum Gasteiger partial charge on any atom is 0.187 e. The predicted octanol–water partition coefficient (Wildman–Crippen LogP) is -4.37. The van der Waals surface area contributed by atoms with E-state index in [1.165, 1.54) is 6.92 Å². The van der Waals surface area contributed by atoms with E-state index in [4.69, 9.17) is 19.3 Å². The highest BCUT2D eigenvalue weighted by Gasteiger charge is 2.49. The molecule has 0 bridgehead atoms. The first-order valence-corrected chi connectivity index (χ1v) is 6.93. The van der Waals surface area contributed by atoms with Crippen molar-refractivity contribution in [3.63, 3.8) is 0 Å². The van der Waals surface area contributed by atoms with Crippen molar-refractivity contribution in [1.82, 2.24) is 0 Å². The fourth-order valence-electron chi connectivity index (χ4n) is 2.51. The Hall–Kier alpha value is -0.400. The molecule has 2 aliphatic rings. The fraction of sp³-hybridized carbons (Fsp3) is 1.00. The van der Waals surface area contributed by atoms with Gasteiger partial charge in [-0.25, -0.2) is 0 Å². The van der Waals surface area contributed by atoms with Crippen LogP contribution in [0.4, 0.5) is 0 Å². The van der Waals surface area contributed by atoms with E-state index in [0.717, 1.165) is 0 Å². The van der Waals surface area contributed by atoms with Crippen molar-refractivity contribution in [2.24, 2.45) is 0 Å². The van der Waals surface area contributed by atoms with E-state index < -0.39 is 68.0 Å². The summed E-state index contributed by atoms with van der Waals surface area (Å²) in [5, 5.41) is 67.6. The average molecular weight is 326 g/mol. The molecule has 7 N–H and O–H groups in total. The minimum Gasteiger partial charge on any atom is -0.394 e. The average Bonchev–Trinajstić information content (AvgIpc) is 2.50. The number of hydrogen-bond acceptors (Lipinski definition) is 10. The van der Waals surface area contributed by atoms with Crippen LogP contribution in [0.2, 0.25) is 0 Å². The van der Waals surface area contributed by atoms with Gasteiger partial charge in [0.25, 0.3) is 0 Å². The third-order valence-corrected chi connectivity index (χ3v) is 3.94. The van der Waals surface area contributed by atoms with E-state index in [1.54, 1.807) is 0 Å². The molecule has 130 valence electrons. The van der Waals surface area contributed by atoms with Gasteiger partial charge in [0.2, 0.25) is 0 Å². The van der Waals surface area contributed by atoms with Crippen molar-refractivity contribution in [2.45, 2.75) is 68.3 Å². The highest BCUT2D eigenvalue weighted by atomic mass is 16.7. The van der Waals surface area contributed by atoms with Gasteiger partial charge in [0, 0.05) is 0 Å². The molecule has 0 aromatic carbocycles. The molecule has 0 aromatic rings. The van der Waals surface area contributed by atoms with Gasteiger partial charge in [0.1, 0.15) is 42.7 Å². The highest BCUT2D eigenvalue weighted by molar-refractivity contribution is 4.93. The van der Waals surface area contributed by atoms with Crippen molar-refractivity contribution >= 4 is 0 Å². The second-order valence-electron chi connectivity index (χ2n) is 5.51. The Morgan fingerprint density at radius 1 is 0.818 bits per heavy atom. The fourth-order valence-corrected chi connectivity index (χ4v) is 2.51. The zero-order valence-corrected chi connectivity index (χ0v) is 11.8. The quantitative estimate of drug-likeness (QED) is 0.269. The summed E-state index contributed by atoms with van der Waals surface area (Å²) in [7, 11) is 0. The first-order valence-electron chi connectivity index (χ1n) is 6.93. The third kappa shape index (κ3) is 3.26. The summed E-state index contributed by atoms with van der Waals surface area (Å²) in [5.74, 6) is 0. The van der Waals surface area contributed by atoms with Crippen LogP contribution in [0.1, 0.15) is 6.92 Å². The molecule has 0 amide bonds. The molecule has 2 heterocycles. The van der Waals surface area contributed by atoms with Gasteiger partial charge in [-0.05, 0) is 6.92 Å². The lowest BCUT2D eigenvalue weighted by molar-refractivity contribution is -0.352. The molecule has 0 aromatic heterocycles. The van der Waals surface area contributed by atoms with E-state index >= 15 is 0 Å². The van der Waals surface area contributed by atoms with Gasteiger partial charge in [-0.2, -0.15) is 0 Å². The van der Waals surface area contributed by atoms with Crippen LogP contribution in [-0.2, 0) is 14.2 Å². The minimum absolute atomic E-state index is 0.628. The molecule has 0 aliphatic carbocycles. The number of hydrogen-bond donors (Lipinski definition) is 7. The summed E-state index contributed by atoms with van der Waals surface area (Å²) in [6.45, 7) is 0.814. The summed E-state index contributed by atoms with van der Waals surface area (Å²) < 4.78 is 15.3. The van der Waals surface area contributed by atoms with Gasteiger partial charge >= 0.3 is 0 Å². The minimum atomic E-state index is -1.71. The topological polar surface area (TPSA) is 169 Å². The Labute approximate surface area is 126 Å². The number of ether oxygens (including phenoxy) is 3. The molecule has 2 rings (SSSR count). The molecule has 0 spiro atoms. The van der Waals surface area contributed by atoms with Crippen molar-refractivity contribution in [3.05, 3.63) is 0 Å². The lowest BCUT2D eigenvalue weighted by Gasteiger charge is -2.44. The molecular weight excluding hydrogens is 304 g/mol. The molecule has 1 unspecified atom stereocenters. The number of aliphatic hydroxyl groups is 7. The normalized spacial score (nSPS) is 53.5. The molecule has 0 saturated carbocycles. The molecule has 10 nitrogen and oxygen atoms in total. The van der Waals surface area contributed by atoms with E-state index in [-0.39, 0.29) is 0 Å². The SMILES string of the molecule is C[C@@H]1O[C@@H](O[C@H]2[C@@H](O)[C@@H](CO)OC(O)[C@@H]2O)[C@@H](O)[C@H](O)[C@@H]1O. The van der Waals surface area contributed by atoms with Crippen molar-refractivity contribution in [1.29, 1.82) is 0 Å². The van der Waals surface area contributed by atoms with Gasteiger partial charge < -0.3 is 50.0 Å². The van der Waals surface area contributed by atoms with E-state index in [2.05, 4.69) is 0 Å². The number of aliphatic hydroxyl groups excluding tert-OH is 7. The highest BCUT2D eigenvalue weighted by Crippen LogP contribution is 2.28. The largest absolute Gasteiger partial charge is 0.394 e. The molecule has 10 heteroatoms. The van der Waals surface area contributed by atoms with E-state index in [9.17, 15) is 30.6 Å². The van der Waals surface area contributed by atoms with Crippen molar-refractivity contribution in [2.75, 3.05) is 6.61 Å². The van der Waals surface area contributed by atoms with Crippen LogP contribution in [0.25, 0.3) is 0 Å². The summed E-state index contributed by atoms with van der Waals surface area (Å²) >= 11 is 0. The van der Waals surface area contributed by atoms with Gasteiger partial charge in [-0.1, -0.05) is 0 Å². The van der Waals surface area contributed by atoms with E-state index in [0.29, 0.717) is 0 Å². The van der Waals surface area contributed by atoms with Gasteiger partial charge in [0.05, 0.1) is 12.7 Å². The van der Waals surface area contributed by atoms with Gasteiger partial charge in [-0.15, -0.1) is 0 Å². The number of rotatable bonds is 3. The summed E-state index contributed by atoms with van der Waals surface area (Å²) in [4.78, 5) is 0. The van der Waals surface area contributed by atoms with Crippen LogP contribution < -0.4 is 0 Å². The zero-order valence-electron chi connectivity index (χ0n) is 11.8. The molecule has 2 aliphatic heterocycles. The maximum atomic E-state index is 9.99. The summed E-state index contributed by atoms with van der Waals surface area (Å²) in [5.41, 5.74) is 0. The Balaban J connectivity index is 2.10. The second-order valence-corrected chi connectivity index (χ2v) is 5.51.